The molecule has 1 unspecified atom stereocenters. The van der Waals surface area contributed by atoms with Gasteiger partial charge >= 0.3 is 0 Å². The number of carbonyl (C=O) groups excluding carboxylic acids is 1. The molecule has 0 aliphatic heterocycles. The van der Waals surface area contributed by atoms with Crippen LogP contribution in [0.2, 0.25) is 0 Å². The molecular weight excluding hydrogens is 418 g/mol. The molecule has 3 aromatic rings. The molecule has 1 amide bonds. The van der Waals surface area contributed by atoms with E-state index in [1.807, 2.05) is 30.3 Å². The number of amides is 1. The van der Waals surface area contributed by atoms with Gasteiger partial charge in [-0.3, -0.25) is 9.48 Å². The maximum absolute atomic E-state index is 13.1. The van der Waals surface area contributed by atoms with Crippen molar-refractivity contribution in [3.05, 3.63) is 72.3 Å². The molecule has 1 aromatic heterocycles. The highest BCUT2D eigenvalue weighted by Crippen LogP contribution is 2.28. The van der Waals surface area contributed by atoms with E-state index in [1.54, 1.807) is 17.1 Å². The molecule has 1 aliphatic rings. The summed E-state index contributed by atoms with van der Waals surface area (Å²) < 4.78 is 35.0. The highest BCUT2D eigenvalue weighted by atomic mass is 32.2. The number of nitrogens with one attached hydrogen (secondary N) is 2. The van der Waals surface area contributed by atoms with Crippen LogP contribution in [0.15, 0.2) is 66.1 Å². The first-order valence-corrected chi connectivity index (χ1v) is 11.3. The number of hydrogen-bond donors (Lipinski definition) is 2. The van der Waals surface area contributed by atoms with Gasteiger partial charge in [0.1, 0.15) is 23.3 Å². The van der Waals surface area contributed by atoms with Crippen molar-refractivity contribution in [2.24, 2.45) is 0 Å². The van der Waals surface area contributed by atoms with Gasteiger partial charge in [0.25, 0.3) is 5.91 Å². The van der Waals surface area contributed by atoms with Gasteiger partial charge in [-0.05, 0) is 36.6 Å². The summed E-state index contributed by atoms with van der Waals surface area (Å²) in [6.45, 7) is 0.375. The zero-order valence-electron chi connectivity index (χ0n) is 16.9. The molecule has 1 fully saturated rings. The summed E-state index contributed by atoms with van der Waals surface area (Å²) in [5, 5.41) is 7.09. The third kappa shape index (κ3) is 5.09. The van der Waals surface area contributed by atoms with Crippen molar-refractivity contribution in [3.8, 4) is 5.75 Å². The number of hydrogen-bond acceptors (Lipinski definition) is 6. The Bertz CT molecular complexity index is 1150. The second kappa shape index (κ2) is 8.86. The van der Waals surface area contributed by atoms with Crippen LogP contribution < -0.4 is 14.8 Å². The van der Waals surface area contributed by atoms with Gasteiger partial charge in [0.2, 0.25) is 10.0 Å². The quantitative estimate of drug-likeness (QED) is 0.524. The fourth-order valence-electron chi connectivity index (χ4n) is 3.19. The third-order valence-electron chi connectivity index (χ3n) is 4.96. The molecule has 31 heavy (non-hydrogen) atoms. The minimum Gasteiger partial charge on any atom is -0.495 e. The lowest BCUT2D eigenvalue weighted by molar-refractivity contribution is 0.0931. The van der Waals surface area contributed by atoms with E-state index in [1.165, 1.54) is 25.6 Å². The Morgan fingerprint density at radius 2 is 2.00 bits per heavy atom. The SMILES string of the molecule is COc1ccc(C(=O)NC(Cn2cncn2)c2ccccc2)cc1S(=O)(=O)NC1CC1. The van der Waals surface area contributed by atoms with Gasteiger partial charge in [0, 0.05) is 11.6 Å². The Hall–Kier alpha value is -3.24. The highest BCUT2D eigenvalue weighted by Gasteiger charge is 2.30. The Kier molecular flexibility index (Phi) is 6.01. The van der Waals surface area contributed by atoms with Crippen molar-refractivity contribution in [1.29, 1.82) is 0 Å². The topological polar surface area (TPSA) is 115 Å². The zero-order valence-corrected chi connectivity index (χ0v) is 17.7. The minimum atomic E-state index is -3.79. The van der Waals surface area contributed by atoms with Gasteiger partial charge in [-0.1, -0.05) is 30.3 Å². The maximum Gasteiger partial charge on any atom is 0.251 e. The number of ether oxygens (including phenoxy) is 1. The molecule has 1 aliphatic carbocycles. The van der Waals surface area contributed by atoms with E-state index in [-0.39, 0.29) is 28.3 Å². The van der Waals surface area contributed by atoms with Crippen molar-refractivity contribution >= 4 is 15.9 Å². The van der Waals surface area contributed by atoms with E-state index in [0.717, 1.165) is 18.4 Å². The van der Waals surface area contributed by atoms with E-state index in [0.29, 0.717) is 6.54 Å². The van der Waals surface area contributed by atoms with Crippen LogP contribution in [0.5, 0.6) is 5.75 Å². The van der Waals surface area contributed by atoms with Crippen LogP contribution in [-0.2, 0) is 16.6 Å². The maximum atomic E-state index is 13.1. The summed E-state index contributed by atoms with van der Waals surface area (Å²) >= 11 is 0. The fourth-order valence-corrected chi connectivity index (χ4v) is 4.69. The van der Waals surface area contributed by atoms with Crippen molar-refractivity contribution < 1.29 is 17.9 Å². The Labute approximate surface area is 180 Å². The van der Waals surface area contributed by atoms with Gasteiger partial charge in [-0.15, -0.1) is 0 Å². The molecule has 10 heteroatoms. The largest absolute Gasteiger partial charge is 0.495 e. The number of nitrogens with zero attached hydrogens (tertiary/aromatic N) is 3. The highest BCUT2D eigenvalue weighted by molar-refractivity contribution is 7.89. The lowest BCUT2D eigenvalue weighted by Gasteiger charge is -2.20. The number of carbonyl (C=O) groups is 1. The molecule has 162 valence electrons. The van der Waals surface area contributed by atoms with Crippen LogP contribution >= 0.6 is 0 Å². The van der Waals surface area contributed by atoms with E-state index in [9.17, 15) is 13.2 Å². The first-order valence-electron chi connectivity index (χ1n) is 9.85. The predicted molar refractivity (Wildman–Crippen MR) is 113 cm³/mol. The first kappa shape index (κ1) is 21.0. The molecule has 0 saturated heterocycles. The minimum absolute atomic E-state index is 0.0536. The standard InChI is InChI=1S/C21H23N5O4S/c1-30-19-10-7-16(11-20(19)31(28,29)25-17-8-9-17)21(27)24-18(12-26-14-22-13-23-26)15-5-3-2-4-6-15/h2-7,10-11,13-14,17-18,25H,8-9,12H2,1H3,(H,24,27). The zero-order chi connectivity index (χ0) is 21.8. The van der Waals surface area contributed by atoms with Crippen molar-refractivity contribution in [2.45, 2.75) is 36.4 Å². The van der Waals surface area contributed by atoms with Crippen LogP contribution in [0.25, 0.3) is 0 Å². The molecule has 1 atom stereocenters. The van der Waals surface area contributed by atoms with Gasteiger partial charge in [-0.2, -0.15) is 5.10 Å². The summed E-state index contributed by atoms with van der Waals surface area (Å²) in [4.78, 5) is 16.9. The monoisotopic (exact) mass is 441 g/mol. The molecule has 4 rings (SSSR count). The number of sulfonamides is 1. The van der Waals surface area contributed by atoms with Crippen LogP contribution in [0.4, 0.5) is 0 Å². The van der Waals surface area contributed by atoms with E-state index < -0.39 is 15.9 Å². The first-order chi connectivity index (χ1) is 15.0. The summed E-state index contributed by atoms with van der Waals surface area (Å²) in [6.07, 6.45) is 4.62. The smallest absolute Gasteiger partial charge is 0.251 e. The normalized spacial score (nSPS) is 14.7. The summed E-state index contributed by atoms with van der Waals surface area (Å²) in [7, 11) is -2.40. The second-order valence-corrected chi connectivity index (χ2v) is 9.00. The van der Waals surface area contributed by atoms with Crippen molar-refractivity contribution in [3.63, 3.8) is 0 Å². The van der Waals surface area contributed by atoms with Crippen LogP contribution in [0.1, 0.15) is 34.8 Å². The van der Waals surface area contributed by atoms with E-state index in [4.69, 9.17) is 4.74 Å². The lowest BCUT2D eigenvalue weighted by atomic mass is 10.1. The molecule has 0 bridgehead atoms. The molecule has 2 N–H and O–H groups in total. The van der Waals surface area contributed by atoms with Gasteiger partial charge in [0.05, 0.1) is 19.7 Å². The average molecular weight is 442 g/mol. The average Bonchev–Trinajstić information content (AvgIpc) is 3.43. The van der Waals surface area contributed by atoms with Crippen molar-refractivity contribution in [1.82, 2.24) is 24.8 Å². The van der Waals surface area contributed by atoms with E-state index in [2.05, 4.69) is 20.1 Å². The van der Waals surface area contributed by atoms with Gasteiger partial charge in [-0.25, -0.2) is 18.1 Å². The number of benzene rings is 2. The molecule has 0 radical (unpaired) electrons. The molecule has 1 heterocycles. The molecular formula is C21H23N5O4S. The molecule has 2 aromatic carbocycles. The van der Waals surface area contributed by atoms with Gasteiger partial charge in [0.15, 0.2) is 0 Å². The summed E-state index contributed by atoms with van der Waals surface area (Å²) in [6, 6.07) is 13.4. The molecule has 1 saturated carbocycles. The fraction of sp³-hybridized carbons (Fsp3) is 0.286. The lowest BCUT2D eigenvalue weighted by Crippen LogP contribution is -2.32. The predicted octanol–water partition coefficient (Wildman–Crippen LogP) is 1.90. The second-order valence-electron chi connectivity index (χ2n) is 7.32. The van der Waals surface area contributed by atoms with Crippen molar-refractivity contribution in [2.75, 3.05) is 7.11 Å². The van der Waals surface area contributed by atoms with Crippen LogP contribution in [0.3, 0.4) is 0 Å². The van der Waals surface area contributed by atoms with Crippen LogP contribution in [-0.4, -0.2) is 42.2 Å². The Morgan fingerprint density at radius 3 is 2.65 bits per heavy atom. The summed E-state index contributed by atoms with van der Waals surface area (Å²) in [5.74, 6) is -0.216. The molecule has 9 nitrogen and oxygen atoms in total. The van der Waals surface area contributed by atoms with E-state index >= 15 is 0 Å². The molecule has 0 spiro atoms. The number of methoxy groups -OCH3 is 1. The Morgan fingerprint density at radius 1 is 1.23 bits per heavy atom. The summed E-state index contributed by atoms with van der Waals surface area (Å²) in [5.41, 5.74) is 1.11. The number of aromatic nitrogens is 3. The van der Waals surface area contributed by atoms with Crippen LogP contribution in [0, 0.1) is 0 Å². The number of rotatable bonds is 9. The third-order valence-corrected chi connectivity index (χ3v) is 6.50. The van der Waals surface area contributed by atoms with Gasteiger partial charge < -0.3 is 10.1 Å². The Balaban J connectivity index is 1.60.